The van der Waals surface area contributed by atoms with Crippen molar-refractivity contribution in [3.63, 3.8) is 0 Å². The number of hydrogen-bond acceptors (Lipinski definition) is 7. The Balaban J connectivity index is 1.80. The van der Waals surface area contributed by atoms with E-state index >= 15 is 0 Å². The minimum atomic E-state index is -3.01. The molecule has 0 spiro atoms. The molecule has 0 unspecified atom stereocenters. The number of carbonyl (C=O) groups excluding carboxylic acids is 1. The summed E-state index contributed by atoms with van der Waals surface area (Å²) in [4.78, 5) is 33.6. The minimum Gasteiger partial charge on any atom is -0.463 e. The predicted octanol–water partition coefficient (Wildman–Crippen LogP) is 5.26. The Morgan fingerprint density at radius 2 is 1.77 bits per heavy atom. The zero-order valence-corrected chi connectivity index (χ0v) is 23.2. The molecular formula is C30H24F2N2O4S2. The molecule has 1 aromatic heterocycles. The molecule has 40 heavy (non-hydrogen) atoms. The number of benzene rings is 3. The van der Waals surface area contributed by atoms with Crippen LogP contribution in [0.5, 0.6) is 5.75 Å². The third-order valence-corrected chi connectivity index (χ3v) is 7.95. The van der Waals surface area contributed by atoms with Gasteiger partial charge >= 0.3 is 12.6 Å². The zero-order valence-electron chi connectivity index (χ0n) is 21.5. The number of halogens is 2. The number of esters is 1. The number of alkyl halides is 2. The maximum Gasteiger partial charge on any atom is 0.387 e. The summed E-state index contributed by atoms with van der Waals surface area (Å²) in [6, 6.07) is 22.3. The molecule has 2 heterocycles. The van der Waals surface area contributed by atoms with Crippen LogP contribution in [0.4, 0.5) is 8.78 Å². The molecular weight excluding hydrogens is 554 g/mol. The number of aromatic nitrogens is 1. The molecule has 0 bridgehead atoms. The second-order valence-corrected chi connectivity index (χ2v) is 10.5. The summed E-state index contributed by atoms with van der Waals surface area (Å²) in [5.41, 5.74) is 1.96. The number of thioether (sulfide) groups is 1. The monoisotopic (exact) mass is 578 g/mol. The molecule has 4 aromatic rings. The topological polar surface area (TPSA) is 69.9 Å². The fourth-order valence-corrected chi connectivity index (χ4v) is 5.89. The summed E-state index contributed by atoms with van der Waals surface area (Å²) in [6.45, 7) is -1.15. The van der Waals surface area contributed by atoms with E-state index < -0.39 is 24.2 Å². The molecule has 3 aromatic carbocycles. The molecule has 1 aliphatic heterocycles. The minimum absolute atomic E-state index is 0.0512. The third-order valence-electron chi connectivity index (χ3n) is 6.23. The van der Waals surface area contributed by atoms with Crippen molar-refractivity contribution in [1.82, 2.24) is 4.57 Å². The lowest BCUT2D eigenvalue weighted by Gasteiger charge is -2.26. The molecule has 0 aliphatic carbocycles. The fourth-order valence-electron chi connectivity index (χ4n) is 4.49. The van der Waals surface area contributed by atoms with Crippen LogP contribution in [0.3, 0.4) is 0 Å². The maximum atomic E-state index is 13.9. The van der Waals surface area contributed by atoms with Gasteiger partial charge in [0.15, 0.2) is 4.80 Å². The Morgan fingerprint density at radius 1 is 1.07 bits per heavy atom. The van der Waals surface area contributed by atoms with Gasteiger partial charge in [0.05, 0.1) is 28.5 Å². The zero-order chi connectivity index (χ0) is 28.2. The molecule has 0 amide bonds. The van der Waals surface area contributed by atoms with E-state index in [9.17, 15) is 18.4 Å². The average Bonchev–Trinajstić information content (AvgIpc) is 3.28. The highest BCUT2D eigenvalue weighted by molar-refractivity contribution is 7.98. The van der Waals surface area contributed by atoms with Crippen molar-refractivity contribution in [3.8, 4) is 5.75 Å². The molecule has 0 saturated heterocycles. The normalized spacial score (nSPS) is 15.1. The summed E-state index contributed by atoms with van der Waals surface area (Å²) in [6.07, 6.45) is 3.47. The largest absolute Gasteiger partial charge is 0.463 e. The number of carbonyl (C=O) groups is 1. The number of rotatable bonds is 8. The summed E-state index contributed by atoms with van der Waals surface area (Å²) >= 11 is 2.69. The lowest BCUT2D eigenvalue weighted by atomic mass is 9.93. The molecule has 1 aliphatic rings. The number of nitrogens with zero attached hydrogens (tertiary/aromatic N) is 2. The van der Waals surface area contributed by atoms with Crippen LogP contribution in [-0.2, 0) is 9.53 Å². The van der Waals surface area contributed by atoms with Gasteiger partial charge in [-0.15, -0.1) is 11.8 Å². The van der Waals surface area contributed by atoms with E-state index in [1.54, 1.807) is 36.9 Å². The highest BCUT2D eigenvalue weighted by atomic mass is 32.2. The van der Waals surface area contributed by atoms with Gasteiger partial charge in [-0.3, -0.25) is 9.36 Å². The number of ether oxygens (including phenoxy) is 2. The Bertz CT molecular complexity index is 1750. The Morgan fingerprint density at radius 3 is 2.45 bits per heavy atom. The summed E-state index contributed by atoms with van der Waals surface area (Å²) in [7, 11) is 0. The van der Waals surface area contributed by atoms with Crippen molar-refractivity contribution in [2.75, 3.05) is 12.9 Å². The SMILES string of the molecule is CCOC(=O)C1=C(c2ccccc2)N=c2s/c(=C/c3ccccc3OC(F)F)c(=O)n2[C@H]1c1ccc(SC)cc1. The first-order valence-electron chi connectivity index (χ1n) is 12.4. The van der Waals surface area contributed by atoms with Crippen LogP contribution in [0.15, 0.2) is 99.1 Å². The number of hydrogen-bond donors (Lipinski definition) is 0. The van der Waals surface area contributed by atoms with Crippen LogP contribution < -0.4 is 19.6 Å². The molecule has 0 radical (unpaired) electrons. The van der Waals surface area contributed by atoms with Gasteiger partial charge in [0.25, 0.3) is 5.56 Å². The molecule has 1 atom stereocenters. The van der Waals surface area contributed by atoms with Gasteiger partial charge in [0.1, 0.15) is 5.75 Å². The Hall–Kier alpha value is -4.02. The number of para-hydroxylation sites is 1. The lowest BCUT2D eigenvalue weighted by Crippen LogP contribution is -2.40. The van der Waals surface area contributed by atoms with E-state index in [0.717, 1.165) is 16.2 Å². The Labute approximate surface area is 236 Å². The van der Waals surface area contributed by atoms with Gasteiger partial charge in [0, 0.05) is 16.0 Å². The van der Waals surface area contributed by atoms with Gasteiger partial charge in [-0.2, -0.15) is 8.78 Å². The number of thiazole rings is 1. The third kappa shape index (κ3) is 5.50. The van der Waals surface area contributed by atoms with Crippen LogP contribution >= 0.6 is 23.1 Å². The second-order valence-electron chi connectivity index (χ2n) is 8.62. The van der Waals surface area contributed by atoms with Gasteiger partial charge in [-0.1, -0.05) is 72.0 Å². The molecule has 5 rings (SSSR count). The second kappa shape index (κ2) is 12.0. The van der Waals surface area contributed by atoms with E-state index in [1.165, 1.54) is 16.7 Å². The fraction of sp³-hybridized carbons (Fsp3) is 0.167. The van der Waals surface area contributed by atoms with Crippen molar-refractivity contribution in [2.45, 2.75) is 24.5 Å². The van der Waals surface area contributed by atoms with Crippen LogP contribution in [0.25, 0.3) is 11.8 Å². The van der Waals surface area contributed by atoms with Crippen molar-refractivity contribution >= 4 is 40.8 Å². The van der Waals surface area contributed by atoms with E-state index in [2.05, 4.69) is 4.74 Å². The van der Waals surface area contributed by atoms with Gasteiger partial charge in [-0.25, -0.2) is 9.79 Å². The predicted molar refractivity (Wildman–Crippen MR) is 152 cm³/mol. The van der Waals surface area contributed by atoms with E-state index in [1.807, 2.05) is 60.9 Å². The molecule has 0 fully saturated rings. The first-order valence-corrected chi connectivity index (χ1v) is 14.4. The Kier molecular flexibility index (Phi) is 8.27. The van der Waals surface area contributed by atoms with Crippen molar-refractivity contribution in [3.05, 3.63) is 121 Å². The first kappa shape index (κ1) is 27.5. The summed E-state index contributed by atoms with van der Waals surface area (Å²) in [5.74, 6) is -0.626. The first-order chi connectivity index (χ1) is 19.4. The lowest BCUT2D eigenvalue weighted by molar-refractivity contribution is -0.138. The molecule has 0 saturated carbocycles. The van der Waals surface area contributed by atoms with Crippen LogP contribution in [-0.4, -0.2) is 30.0 Å². The van der Waals surface area contributed by atoms with Gasteiger partial charge in [-0.05, 0) is 43.0 Å². The van der Waals surface area contributed by atoms with E-state index in [4.69, 9.17) is 9.73 Å². The van der Waals surface area contributed by atoms with E-state index in [0.29, 0.717) is 27.2 Å². The standard InChI is InChI=1S/C30H24F2N2O4S2/c1-3-37-28(36)24-25(18-9-5-4-6-10-18)33-30-34(26(24)19-13-15-21(39-2)16-14-19)27(35)23(40-30)17-20-11-7-8-12-22(20)38-29(31)32/h4-17,26,29H,3H2,1-2H3/b23-17+/t26-/m0/s1. The highest BCUT2D eigenvalue weighted by Gasteiger charge is 2.35. The van der Waals surface area contributed by atoms with E-state index in [-0.39, 0.29) is 22.5 Å². The quantitative estimate of drug-likeness (QED) is 0.211. The smallest absolute Gasteiger partial charge is 0.387 e. The molecule has 0 N–H and O–H groups in total. The number of fused-ring (bicyclic) bond motifs is 1. The highest BCUT2D eigenvalue weighted by Crippen LogP contribution is 2.35. The van der Waals surface area contributed by atoms with Crippen LogP contribution in [0, 0.1) is 0 Å². The molecule has 6 nitrogen and oxygen atoms in total. The van der Waals surface area contributed by atoms with Crippen molar-refractivity contribution in [1.29, 1.82) is 0 Å². The van der Waals surface area contributed by atoms with Gasteiger partial charge < -0.3 is 9.47 Å². The maximum absolute atomic E-state index is 13.9. The van der Waals surface area contributed by atoms with Gasteiger partial charge in [0.2, 0.25) is 0 Å². The van der Waals surface area contributed by atoms with Crippen LogP contribution in [0.1, 0.15) is 29.7 Å². The summed E-state index contributed by atoms with van der Waals surface area (Å²) in [5, 5.41) is 0. The molecule has 204 valence electrons. The summed E-state index contributed by atoms with van der Waals surface area (Å²) < 4.78 is 37.9. The van der Waals surface area contributed by atoms with Crippen molar-refractivity contribution in [2.24, 2.45) is 4.99 Å². The van der Waals surface area contributed by atoms with Crippen LogP contribution in [0.2, 0.25) is 0 Å². The average molecular weight is 579 g/mol. The molecule has 10 heteroatoms. The van der Waals surface area contributed by atoms with Crippen molar-refractivity contribution < 1.29 is 23.0 Å².